The summed E-state index contributed by atoms with van der Waals surface area (Å²) < 4.78 is 11.7. The summed E-state index contributed by atoms with van der Waals surface area (Å²) >= 11 is 11.3. The van der Waals surface area contributed by atoms with E-state index in [1.807, 2.05) is 6.07 Å². The maximum Gasteiger partial charge on any atom is 0.231 e. The van der Waals surface area contributed by atoms with Gasteiger partial charge in [0.2, 0.25) is 6.79 Å². The molecule has 1 aromatic heterocycles. The molecule has 2 aromatic rings. The van der Waals surface area contributed by atoms with Crippen LogP contribution in [0.5, 0.6) is 11.5 Å². The molecule has 0 spiro atoms. The predicted octanol–water partition coefficient (Wildman–Crippen LogP) is 4.50. The molecular formula is C12H9BrClNO2S. The number of rotatable bonds is 3. The van der Waals surface area contributed by atoms with Crippen LogP contribution in [-0.2, 0) is 6.54 Å². The fraction of sp³-hybridized carbons (Fsp3) is 0.167. The van der Waals surface area contributed by atoms with Crippen molar-refractivity contribution in [2.45, 2.75) is 6.54 Å². The van der Waals surface area contributed by atoms with Gasteiger partial charge in [-0.2, -0.15) is 0 Å². The van der Waals surface area contributed by atoms with Crippen molar-refractivity contribution in [1.82, 2.24) is 0 Å². The lowest BCUT2D eigenvalue weighted by Gasteiger charge is -2.08. The molecule has 0 aliphatic carbocycles. The molecule has 94 valence electrons. The summed E-state index contributed by atoms with van der Waals surface area (Å²) in [5, 5.41) is 6.02. The van der Waals surface area contributed by atoms with Crippen LogP contribution >= 0.6 is 38.9 Å². The van der Waals surface area contributed by atoms with E-state index >= 15 is 0 Å². The van der Waals surface area contributed by atoms with Crippen LogP contribution in [0.1, 0.15) is 5.56 Å². The van der Waals surface area contributed by atoms with E-state index in [4.69, 9.17) is 21.1 Å². The molecule has 0 radical (unpaired) electrons. The largest absolute Gasteiger partial charge is 0.454 e. The molecule has 0 fully saturated rings. The Morgan fingerprint density at radius 2 is 2.06 bits per heavy atom. The monoisotopic (exact) mass is 345 g/mol. The van der Waals surface area contributed by atoms with E-state index in [0.717, 1.165) is 21.8 Å². The summed E-state index contributed by atoms with van der Waals surface area (Å²) in [7, 11) is 0. The molecule has 18 heavy (non-hydrogen) atoms. The molecule has 1 aliphatic rings. The van der Waals surface area contributed by atoms with Crippen LogP contribution in [0.25, 0.3) is 0 Å². The van der Waals surface area contributed by atoms with E-state index in [2.05, 4.69) is 32.7 Å². The summed E-state index contributed by atoms with van der Waals surface area (Å²) in [5.41, 5.74) is 2.06. The molecule has 0 unspecified atom stereocenters. The Kier molecular flexibility index (Phi) is 3.37. The van der Waals surface area contributed by atoms with Gasteiger partial charge in [-0.1, -0.05) is 11.6 Å². The first-order valence-electron chi connectivity index (χ1n) is 5.28. The van der Waals surface area contributed by atoms with Crippen LogP contribution < -0.4 is 14.8 Å². The normalized spacial score (nSPS) is 12.8. The zero-order valence-electron chi connectivity index (χ0n) is 9.20. The first kappa shape index (κ1) is 12.1. The number of ether oxygens (including phenoxy) is 2. The van der Waals surface area contributed by atoms with Gasteiger partial charge in [0.25, 0.3) is 0 Å². The third-order valence-corrected chi connectivity index (χ3v) is 4.43. The minimum Gasteiger partial charge on any atom is -0.454 e. The summed E-state index contributed by atoms with van der Waals surface area (Å²) in [6.07, 6.45) is 0. The Bertz CT molecular complexity index is 587. The van der Waals surface area contributed by atoms with Crippen LogP contribution in [-0.4, -0.2) is 6.79 Å². The molecular weight excluding hydrogens is 338 g/mol. The molecule has 0 saturated heterocycles. The average molecular weight is 347 g/mol. The van der Waals surface area contributed by atoms with Gasteiger partial charge in [-0.15, -0.1) is 11.3 Å². The summed E-state index contributed by atoms with van der Waals surface area (Å²) in [5.74, 6) is 1.43. The Balaban J connectivity index is 1.76. The van der Waals surface area contributed by atoms with E-state index in [-0.39, 0.29) is 6.79 Å². The zero-order valence-corrected chi connectivity index (χ0v) is 12.4. The van der Waals surface area contributed by atoms with E-state index < -0.39 is 0 Å². The number of anilines is 1. The molecule has 1 aromatic carbocycles. The van der Waals surface area contributed by atoms with Crippen molar-refractivity contribution in [2.75, 3.05) is 12.1 Å². The van der Waals surface area contributed by atoms with Gasteiger partial charge in [-0.25, -0.2) is 0 Å². The lowest BCUT2D eigenvalue weighted by molar-refractivity contribution is 0.174. The Morgan fingerprint density at radius 1 is 1.28 bits per heavy atom. The summed E-state index contributed by atoms with van der Waals surface area (Å²) in [6, 6.07) is 5.72. The number of thiophene rings is 1. The van der Waals surface area contributed by atoms with Gasteiger partial charge in [0.15, 0.2) is 11.5 Å². The van der Waals surface area contributed by atoms with Crippen molar-refractivity contribution < 1.29 is 9.47 Å². The number of halogens is 2. The first-order chi connectivity index (χ1) is 8.72. The molecule has 2 heterocycles. The van der Waals surface area contributed by atoms with Crippen LogP contribution in [0, 0.1) is 0 Å². The molecule has 1 aliphatic heterocycles. The maximum absolute atomic E-state index is 6.17. The highest BCUT2D eigenvalue weighted by Gasteiger charge is 2.16. The lowest BCUT2D eigenvalue weighted by atomic mass is 10.2. The van der Waals surface area contributed by atoms with Gasteiger partial charge in [0.05, 0.1) is 14.5 Å². The van der Waals surface area contributed by atoms with Crippen molar-refractivity contribution in [3.63, 3.8) is 0 Å². The SMILES string of the molecule is Clc1cc2c(cc1NCc1csc(Br)c1)OCO2. The fourth-order valence-electron chi connectivity index (χ4n) is 1.69. The summed E-state index contributed by atoms with van der Waals surface area (Å²) in [4.78, 5) is 0. The average Bonchev–Trinajstić information content (AvgIpc) is 2.94. The van der Waals surface area contributed by atoms with Gasteiger partial charge in [0, 0.05) is 18.7 Å². The van der Waals surface area contributed by atoms with Crippen LogP contribution in [0.15, 0.2) is 27.4 Å². The minimum atomic E-state index is 0.257. The van der Waals surface area contributed by atoms with Crippen molar-refractivity contribution in [2.24, 2.45) is 0 Å². The van der Waals surface area contributed by atoms with E-state index in [1.54, 1.807) is 17.4 Å². The van der Waals surface area contributed by atoms with Crippen molar-refractivity contribution in [3.05, 3.63) is 38.0 Å². The molecule has 6 heteroatoms. The number of nitrogens with one attached hydrogen (secondary N) is 1. The van der Waals surface area contributed by atoms with Crippen molar-refractivity contribution in [1.29, 1.82) is 0 Å². The van der Waals surface area contributed by atoms with Gasteiger partial charge < -0.3 is 14.8 Å². The third-order valence-electron chi connectivity index (χ3n) is 2.57. The second kappa shape index (κ2) is 4.99. The van der Waals surface area contributed by atoms with E-state index in [9.17, 15) is 0 Å². The maximum atomic E-state index is 6.17. The number of hydrogen-bond donors (Lipinski definition) is 1. The highest BCUT2D eigenvalue weighted by atomic mass is 79.9. The van der Waals surface area contributed by atoms with E-state index in [1.165, 1.54) is 5.56 Å². The third kappa shape index (κ3) is 2.43. The Labute approximate surface area is 122 Å². The Hall–Kier alpha value is -0.910. The molecule has 0 atom stereocenters. The van der Waals surface area contributed by atoms with Gasteiger partial charge >= 0.3 is 0 Å². The first-order valence-corrected chi connectivity index (χ1v) is 7.33. The standard InChI is InChI=1S/C12H9BrClNO2S/c13-12-1-7(5-18-12)4-15-9-3-11-10(2-8(9)14)16-6-17-11/h1-3,5,15H,4,6H2. The number of benzene rings is 1. The van der Waals surface area contributed by atoms with E-state index in [0.29, 0.717) is 10.8 Å². The van der Waals surface area contributed by atoms with Crippen molar-refractivity contribution >= 4 is 44.6 Å². The minimum absolute atomic E-state index is 0.257. The van der Waals surface area contributed by atoms with Gasteiger partial charge in [-0.05, 0) is 32.9 Å². The van der Waals surface area contributed by atoms with Crippen LogP contribution in [0.4, 0.5) is 5.69 Å². The fourth-order valence-corrected chi connectivity index (χ4v) is 3.12. The smallest absolute Gasteiger partial charge is 0.231 e. The number of fused-ring (bicyclic) bond motifs is 1. The quantitative estimate of drug-likeness (QED) is 0.887. The molecule has 0 saturated carbocycles. The molecule has 0 bridgehead atoms. The summed E-state index contributed by atoms with van der Waals surface area (Å²) in [6.45, 7) is 0.980. The highest BCUT2D eigenvalue weighted by molar-refractivity contribution is 9.11. The topological polar surface area (TPSA) is 30.5 Å². The van der Waals surface area contributed by atoms with Crippen LogP contribution in [0.3, 0.4) is 0 Å². The highest BCUT2D eigenvalue weighted by Crippen LogP contribution is 2.39. The Morgan fingerprint density at radius 3 is 2.78 bits per heavy atom. The molecule has 1 N–H and O–H groups in total. The number of hydrogen-bond acceptors (Lipinski definition) is 4. The molecule has 3 rings (SSSR count). The molecule has 0 amide bonds. The van der Waals surface area contributed by atoms with Crippen molar-refractivity contribution in [3.8, 4) is 11.5 Å². The lowest BCUT2D eigenvalue weighted by Crippen LogP contribution is -1.98. The van der Waals surface area contributed by atoms with Gasteiger partial charge in [-0.3, -0.25) is 0 Å². The zero-order chi connectivity index (χ0) is 12.5. The van der Waals surface area contributed by atoms with Gasteiger partial charge in [0.1, 0.15) is 0 Å². The second-order valence-corrected chi connectivity index (χ2v) is 6.50. The molecule has 3 nitrogen and oxygen atoms in total. The predicted molar refractivity (Wildman–Crippen MR) is 76.9 cm³/mol. The van der Waals surface area contributed by atoms with Crippen LogP contribution in [0.2, 0.25) is 5.02 Å². The second-order valence-electron chi connectivity index (χ2n) is 3.80.